The summed E-state index contributed by atoms with van der Waals surface area (Å²) < 4.78 is 2.34. The van der Waals surface area contributed by atoms with Crippen LogP contribution in [-0.4, -0.2) is 18.7 Å². The van der Waals surface area contributed by atoms with Gasteiger partial charge in [-0.25, -0.2) is 0 Å². The standard InChI is InChI=1S/C20H18N2/c1-21(2)18-13-8-14-19-20(18)16-11-6-7-12-17(16)22(19)15-9-4-3-5-10-15/h3-14H,1-2H3. The van der Waals surface area contributed by atoms with E-state index in [0.29, 0.717) is 0 Å². The number of benzene rings is 3. The smallest absolute Gasteiger partial charge is 0.0561 e. The maximum absolute atomic E-state index is 2.34. The number of rotatable bonds is 2. The summed E-state index contributed by atoms with van der Waals surface area (Å²) in [5.41, 5.74) is 4.95. The van der Waals surface area contributed by atoms with Gasteiger partial charge in [-0.15, -0.1) is 0 Å². The van der Waals surface area contributed by atoms with E-state index in [2.05, 4.69) is 96.4 Å². The molecule has 4 rings (SSSR count). The molecule has 4 aromatic rings. The van der Waals surface area contributed by atoms with Gasteiger partial charge in [0, 0.05) is 36.2 Å². The minimum absolute atomic E-state index is 1.20. The van der Waals surface area contributed by atoms with Gasteiger partial charge in [0.25, 0.3) is 0 Å². The van der Waals surface area contributed by atoms with Crippen molar-refractivity contribution in [1.82, 2.24) is 4.57 Å². The molecular formula is C20H18N2. The van der Waals surface area contributed by atoms with E-state index in [9.17, 15) is 0 Å². The van der Waals surface area contributed by atoms with E-state index in [1.807, 2.05) is 0 Å². The highest BCUT2D eigenvalue weighted by atomic mass is 15.1. The van der Waals surface area contributed by atoms with E-state index in [-0.39, 0.29) is 0 Å². The number of hydrogen-bond donors (Lipinski definition) is 0. The van der Waals surface area contributed by atoms with Crippen molar-refractivity contribution in [3.05, 3.63) is 72.8 Å². The number of hydrogen-bond acceptors (Lipinski definition) is 1. The minimum atomic E-state index is 1.20. The van der Waals surface area contributed by atoms with Crippen LogP contribution in [-0.2, 0) is 0 Å². The minimum Gasteiger partial charge on any atom is -0.377 e. The highest BCUT2D eigenvalue weighted by Gasteiger charge is 2.15. The van der Waals surface area contributed by atoms with Crippen molar-refractivity contribution < 1.29 is 0 Å². The molecule has 0 aliphatic heterocycles. The molecule has 0 radical (unpaired) electrons. The van der Waals surface area contributed by atoms with Crippen LogP contribution in [0.4, 0.5) is 5.69 Å². The van der Waals surface area contributed by atoms with Gasteiger partial charge in [0.1, 0.15) is 0 Å². The summed E-state index contributed by atoms with van der Waals surface area (Å²) >= 11 is 0. The molecule has 0 spiro atoms. The second kappa shape index (κ2) is 4.92. The van der Waals surface area contributed by atoms with Gasteiger partial charge in [-0.3, -0.25) is 0 Å². The fraction of sp³-hybridized carbons (Fsp3) is 0.100. The van der Waals surface area contributed by atoms with Crippen molar-refractivity contribution >= 4 is 27.5 Å². The topological polar surface area (TPSA) is 8.17 Å². The monoisotopic (exact) mass is 286 g/mol. The molecule has 1 aromatic heterocycles. The van der Waals surface area contributed by atoms with E-state index < -0.39 is 0 Å². The summed E-state index contributed by atoms with van der Waals surface area (Å²) in [6.45, 7) is 0. The molecule has 2 nitrogen and oxygen atoms in total. The van der Waals surface area contributed by atoms with Crippen LogP contribution in [0, 0.1) is 0 Å². The third-order valence-electron chi connectivity index (χ3n) is 4.17. The molecule has 0 aliphatic rings. The molecule has 2 heteroatoms. The first kappa shape index (κ1) is 13.0. The molecule has 0 saturated carbocycles. The molecule has 0 N–H and O–H groups in total. The van der Waals surface area contributed by atoms with Gasteiger partial charge < -0.3 is 9.47 Å². The maximum atomic E-state index is 2.34. The van der Waals surface area contributed by atoms with Crippen LogP contribution in [0.5, 0.6) is 0 Å². The third kappa shape index (κ3) is 1.81. The van der Waals surface area contributed by atoms with Gasteiger partial charge in [0.2, 0.25) is 0 Å². The Morgan fingerprint density at radius 2 is 1.36 bits per heavy atom. The molecule has 0 bridgehead atoms. The molecule has 0 aliphatic carbocycles. The number of nitrogens with zero attached hydrogens (tertiary/aromatic N) is 2. The molecule has 0 atom stereocenters. The molecular weight excluding hydrogens is 268 g/mol. The van der Waals surface area contributed by atoms with Crippen LogP contribution in [0.3, 0.4) is 0 Å². The van der Waals surface area contributed by atoms with Crippen LogP contribution in [0.2, 0.25) is 0 Å². The Morgan fingerprint density at radius 1 is 0.682 bits per heavy atom. The van der Waals surface area contributed by atoms with Crippen LogP contribution in [0.15, 0.2) is 72.8 Å². The van der Waals surface area contributed by atoms with Crippen LogP contribution < -0.4 is 4.90 Å². The van der Waals surface area contributed by atoms with Crippen molar-refractivity contribution in [3.8, 4) is 5.69 Å². The van der Waals surface area contributed by atoms with E-state index in [1.165, 1.54) is 33.2 Å². The summed E-state index contributed by atoms with van der Waals surface area (Å²) in [7, 11) is 4.20. The Hall–Kier alpha value is -2.74. The summed E-state index contributed by atoms with van der Waals surface area (Å²) in [6, 6.07) is 25.7. The highest BCUT2D eigenvalue weighted by Crippen LogP contribution is 2.37. The summed E-state index contributed by atoms with van der Waals surface area (Å²) in [5.74, 6) is 0. The third-order valence-corrected chi connectivity index (χ3v) is 4.17. The molecule has 22 heavy (non-hydrogen) atoms. The fourth-order valence-corrected chi connectivity index (χ4v) is 3.23. The zero-order valence-corrected chi connectivity index (χ0v) is 12.8. The Bertz CT molecular complexity index is 949. The lowest BCUT2D eigenvalue weighted by molar-refractivity contribution is 1.14. The highest BCUT2D eigenvalue weighted by molar-refractivity contribution is 6.15. The summed E-state index contributed by atoms with van der Waals surface area (Å²) in [4.78, 5) is 2.18. The molecule has 3 aromatic carbocycles. The fourth-order valence-electron chi connectivity index (χ4n) is 3.23. The largest absolute Gasteiger partial charge is 0.377 e. The van der Waals surface area contributed by atoms with Crippen molar-refractivity contribution in [2.75, 3.05) is 19.0 Å². The Kier molecular flexibility index (Phi) is 2.90. The Morgan fingerprint density at radius 3 is 2.14 bits per heavy atom. The zero-order chi connectivity index (χ0) is 15.1. The first-order valence-corrected chi connectivity index (χ1v) is 7.52. The van der Waals surface area contributed by atoms with Crippen molar-refractivity contribution in [3.63, 3.8) is 0 Å². The number of para-hydroxylation sites is 2. The second-order valence-electron chi connectivity index (χ2n) is 5.75. The predicted octanol–water partition coefficient (Wildman–Crippen LogP) is 4.85. The van der Waals surface area contributed by atoms with Gasteiger partial charge >= 0.3 is 0 Å². The van der Waals surface area contributed by atoms with Gasteiger partial charge in [0.05, 0.1) is 11.0 Å². The molecule has 0 saturated heterocycles. The Labute approximate surface area is 130 Å². The first-order valence-electron chi connectivity index (χ1n) is 7.52. The van der Waals surface area contributed by atoms with Gasteiger partial charge in [0.15, 0.2) is 0 Å². The average molecular weight is 286 g/mol. The quantitative estimate of drug-likeness (QED) is 0.511. The zero-order valence-electron chi connectivity index (χ0n) is 12.8. The average Bonchev–Trinajstić information content (AvgIpc) is 2.90. The first-order chi connectivity index (χ1) is 10.8. The summed E-state index contributed by atoms with van der Waals surface area (Å²) in [5, 5.41) is 2.61. The normalized spacial score (nSPS) is 11.2. The van der Waals surface area contributed by atoms with Gasteiger partial charge in [-0.2, -0.15) is 0 Å². The predicted molar refractivity (Wildman–Crippen MR) is 95.1 cm³/mol. The van der Waals surface area contributed by atoms with E-state index in [1.54, 1.807) is 0 Å². The lowest BCUT2D eigenvalue weighted by Crippen LogP contribution is -2.08. The van der Waals surface area contributed by atoms with Crippen molar-refractivity contribution in [2.45, 2.75) is 0 Å². The maximum Gasteiger partial charge on any atom is 0.0561 e. The van der Waals surface area contributed by atoms with Crippen molar-refractivity contribution in [1.29, 1.82) is 0 Å². The van der Waals surface area contributed by atoms with E-state index >= 15 is 0 Å². The van der Waals surface area contributed by atoms with E-state index in [0.717, 1.165) is 0 Å². The van der Waals surface area contributed by atoms with Crippen LogP contribution in [0.25, 0.3) is 27.5 Å². The molecule has 108 valence electrons. The summed E-state index contributed by atoms with van der Waals surface area (Å²) in [6.07, 6.45) is 0. The second-order valence-corrected chi connectivity index (χ2v) is 5.75. The Balaban J connectivity index is 2.22. The van der Waals surface area contributed by atoms with E-state index in [4.69, 9.17) is 0 Å². The number of aromatic nitrogens is 1. The molecule has 0 amide bonds. The van der Waals surface area contributed by atoms with Crippen LogP contribution >= 0.6 is 0 Å². The lowest BCUT2D eigenvalue weighted by atomic mass is 10.1. The number of fused-ring (bicyclic) bond motifs is 3. The SMILES string of the molecule is CN(C)c1cccc2c1c1ccccc1n2-c1ccccc1. The molecule has 0 fully saturated rings. The molecule has 0 unspecified atom stereocenters. The van der Waals surface area contributed by atoms with Gasteiger partial charge in [-0.05, 0) is 30.3 Å². The lowest BCUT2D eigenvalue weighted by Gasteiger charge is -2.14. The van der Waals surface area contributed by atoms with Crippen LogP contribution in [0.1, 0.15) is 0 Å². The van der Waals surface area contributed by atoms with Crippen molar-refractivity contribution in [2.24, 2.45) is 0 Å². The number of anilines is 1. The van der Waals surface area contributed by atoms with Gasteiger partial charge in [-0.1, -0.05) is 42.5 Å². The molecule has 1 heterocycles.